The Hall–Kier alpha value is -0.910. The molecule has 1 heterocycles. The second kappa shape index (κ2) is 6.57. The molecule has 0 unspecified atom stereocenters. The molecule has 5 fully saturated rings. The Bertz CT molecular complexity index is 799. The number of hydrogen-bond acceptors (Lipinski definition) is 3. The molecule has 0 amide bonds. The molecule has 5 aliphatic rings. The monoisotopic (exact) mass is 388 g/mol. The van der Waals surface area contributed by atoms with Gasteiger partial charge >= 0.3 is 0 Å². The van der Waals surface area contributed by atoms with Crippen molar-refractivity contribution in [3.8, 4) is 0 Å². The summed E-state index contributed by atoms with van der Waals surface area (Å²) in [5.74, 6) is 3.75. The zero-order valence-corrected chi connectivity index (χ0v) is 17.4. The van der Waals surface area contributed by atoms with Crippen LogP contribution in [0, 0.1) is 37.5 Å². The van der Waals surface area contributed by atoms with E-state index in [2.05, 4.69) is 4.90 Å². The van der Waals surface area contributed by atoms with Crippen LogP contribution >= 0.6 is 0 Å². The highest BCUT2D eigenvalue weighted by molar-refractivity contribution is 7.89. The lowest BCUT2D eigenvalue weighted by Gasteiger charge is -2.58. The van der Waals surface area contributed by atoms with Gasteiger partial charge in [0, 0.05) is 32.2 Å². The van der Waals surface area contributed by atoms with Crippen LogP contribution in [0.25, 0.3) is 0 Å². The predicted molar refractivity (Wildman–Crippen MR) is 107 cm³/mol. The summed E-state index contributed by atoms with van der Waals surface area (Å²) in [5, 5.41) is 0. The maximum Gasteiger partial charge on any atom is 0.243 e. The summed E-state index contributed by atoms with van der Waals surface area (Å²) in [6.45, 7) is 6.94. The van der Waals surface area contributed by atoms with Gasteiger partial charge in [-0.15, -0.1) is 0 Å². The molecule has 1 saturated heterocycles. The molecule has 4 aliphatic carbocycles. The summed E-state index contributed by atoms with van der Waals surface area (Å²) in [6.07, 6.45) is 7.20. The third-order valence-electron chi connectivity index (χ3n) is 7.83. The van der Waals surface area contributed by atoms with Crippen molar-refractivity contribution in [3.05, 3.63) is 29.3 Å². The average molecular weight is 389 g/mol. The Morgan fingerprint density at radius 3 is 2.04 bits per heavy atom. The highest BCUT2D eigenvalue weighted by Crippen LogP contribution is 2.55. The highest BCUT2D eigenvalue weighted by Gasteiger charge is 2.50. The smallest absolute Gasteiger partial charge is 0.243 e. The van der Waals surface area contributed by atoms with Crippen molar-refractivity contribution in [2.24, 2.45) is 23.7 Å². The quantitative estimate of drug-likeness (QED) is 0.796. The van der Waals surface area contributed by atoms with Crippen LogP contribution in [0.1, 0.15) is 43.2 Å². The van der Waals surface area contributed by atoms with E-state index in [4.69, 9.17) is 0 Å². The van der Waals surface area contributed by atoms with Gasteiger partial charge in [0.2, 0.25) is 10.0 Å². The zero-order valence-electron chi connectivity index (χ0n) is 16.6. The number of rotatable bonds is 3. The number of aryl methyl sites for hydroxylation is 2. The fourth-order valence-corrected chi connectivity index (χ4v) is 8.59. The molecule has 0 aromatic heterocycles. The summed E-state index contributed by atoms with van der Waals surface area (Å²) in [4.78, 5) is 3.15. The topological polar surface area (TPSA) is 40.6 Å². The molecule has 4 saturated carbocycles. The van der Waals surface area contributed by atoms with Crippen molar-refractivity contribution in [1.82, 2.24) is 9.21 Å². The molecule has 148 valence electrons. The lowest BCUT2D eigenvalue weighted by Crippen LogP contribution is -2.60. The van der Waals surface area contributed by atoms with Gasteiger partial charge in [0.05, 0.1) is 4.90 Å². The van der Waals surface area contributed by atoms with E-state index in [0.717, 1.165) is 53.9 Å². The Morgan fingerprint density at radius 2 is 1.44 bits per heavy atom. The Morgan fingerprint density at radius 1 is 0.852 bits per heavy atom. The number of sulfonamides is 1. The molecule has 0 spiro atoms. The van der Waals surface area contributed by atoms with Gasteiger partial charge in [-0.1, -0.05) is 12.1 Å². The first kappa shape index (κ1) is 18.1. The second-order valence-electron chi connectivity index (χ2n) is 9.63. The van der Waals surface area contributed by atoms with Crippen molar-refractivity contribution in [3.63, 3.8) is 0 Å². The van der Waals surface area contributed by atoms with Gasteiger partial charge in [0.1, 0.15) is 0 Å². The fraction of sp³-hybridized carbons (Fsp3) is 0.727. The molecule has 1 aromatic rings. The van der Waals surface area contributed by atoms with Crippen LogP contribution in [0.3, 0.4) is 0 Å². The SMILES string of the molecule is Cc1ccc(C)c(S(=O)(=O)N2CCN(C3C4CC5CC(C4)CC3C5)CC2)c1. The van der Waals surface area contributed by atoms with E-state index in [1.807, 2.05) is 32.0 Å². The summed E-state index contributed by atoms with van der Waals surface area (Å²) in [5.41, 5.74) is 1.86. The van der Waals surface area contributed by atoms with Crippen LogP contribution in [0.15, 0.2) is 23.1 Å². The normalized spacial score (nSPS) is 37.0. The Balaban J connectivity index is 1.30. The van der Waals surface area contributed by atoms with E-state index in [-0.39, 0.29) is 0 Å². The summed E-state index contributed by atoms with van der Waals surface area (Å²) in [7, 11) is -3.38. The molecule has 27 heavy (non-hydrogen) atoms. The van der Waals surface area contributed by atoms with Gasteiger partial charge in [-0.2, -0.15) is 4.31 Å². The van der Waals surface area contributed by atoms with Gasteiger partial charge < -0.3 is 0 Å². The van der Waals surface area contributed by atoms with Crippen LogP contribution in [-0.4, -0.2) is 49.8 Å². The minimum Gasteiger partial charge on any atom is -0.297 e. The van der Waals surface area contributed by atoms with Crippen molar-refractivity contribution in [2.75, 3.05) is 26.2 Å². The van der Waals surface area contributed by atoms with Gasteiger partial charge in [-0.3, -0.25) is 4.90 Å². The van der Waals surface area contributed by atoms with Crippen LogP contribution in [-0.2, 0) is 10.0 Å². The Kier molecular flexibility index (Phi) is 4.41. The standard InChI is InChI=1S/C22H32N2O2S/c1-15-3-4-16(2)21(9-15)27(25,26)24-7-5-23(6-8-24)22-19-11-17-10-18(13-19)14-20(22)12-17/h3-4,9,17-20,22H,5-8,10-14H2,1-2H3. The lowest BCUT2D eigenvalue weighted by molar-refractivity contribution is -0.0720. The molecule has 4 nitrogen and oxygen atoms in total. The minimum atomic E-state index is -3.38. The maximum atomic E-state index is 13.2. The number of piperazine rings is 1. The molecule has 1 aliphatic heterocycles. The molecule has 0 atom stereocenters. The van der Waals surface area contributed by atoms with Gasteiger partial charge in [0.25, 0.3) is 0 Å². The fourth-order valence-electron chi connectivity index (χ4n) is 6.86. The first-order valence-corrected chi connectivity index (χ1v) is 12.2. The van der Waals surface area contributed by atoms with E-state index >= 15 is 0 Å². The first-order valence-electron chi connectivity index (χ1n) is 10.7. The van der Waals surface area contributed by atoms with E-state index < -0.39 is 10.0 Å². The van der Waals surface area contributed by atoms with E-state index in [1.165, 1.54) is 32.1 Å². The third kappa shape index (κ3) is 3.06. The van der Waals surface area contributed by atoms with Crippen molar-refractivity contribution in [1.29, 1.82) is 0 Å². The largest absolute Gasteiger partial charge is 0.297 e. The second-order valence-corrected chi connectivity index (χ2v) is 11.5. The Labute approximate surface area is 164 Å². The number of nitrogens with zero attached hydrogens (tertiary/aromatic N) is 2. The number of benzene rings is 1. The van der Waals surface area contributed by atoms with E-state index in [1.54, 1.807) is 4.31 Å². The summed E-state index contributed by atoms with van der Waals surface area (Å²) in [6, 6.07) is 6.46. The molecule has 0 N–H and O–H groups in total. The van der Waals surface area contributed by atoms with Gasteiger partial charge in [0.15, 0.2) is 0 Å². The average Bonchev–Trinajstić information content (AvgIpc) is 2.63. The summed E-state index contributed by atoms with van der Waals surface area (Å²) >= 11 is 0. The molecule has 0 radical (unpaired) electrons. The van der Waals surface area contributed by atoms with Crippen molar-refractivity contribution >= 4 is 10.0 Å². The zero-order chi connectivity index (χ0) is 18.8. The van der Waals surface area contributed by atoms with Gasteiger partial charge in [-0.05, 0) is 86.8 Å². The van der Waals surface area contributed by atoms with Crippen LogP contribution in [0.4, 0.5) is 0 Å². The molecule has 4 bridgehead atoms. The summed E-state index contributed by atoms with van der Waals surface area (Å²) < 4.78 is 28.1. The first-order chi connectivity index (χ1) is 12.9. The van der Waals surface area contributed by atoms with E-state index in [0.29, 0.717) is 18.0 Å². The van der Waals surface area contributed by atoms with Crippen LogP contribution in [0.2, 0.25) is 0 Å². The van der Waals surface area contributed by atoms with Crippen molar-refractivity contribution in [2.45, 2.75) is 56.9 Å². The maximum absolute atomic E-state index is 13.2. The third-order valence-corrected chi connectivity index (χ3v) is 9.87. The van der Waals surface area contributed by atoms with Gasteiger partial charge in [-0.25, -0.2) is 8.42 Å². The lowest BCUT2D eigenvalue weighted by atomic mass is 9.54. The molecular weight excluding hydrogens is 356 g/mol. The predicted octanol–water partition coefficient (Wildman–Crippen LogP) is 3.43. The molecule has 1 aromatic carbocycles. The van der Waals surface area contributed by atoms with Crippen molar-refractivity contribution < 1.29 is 8.42 Å². The molecule has 6 rings (SSSR count). The van der Waals surface area contributed by atoms with Crippen LogP contribution in [0.5, 0.6) is 0 Å². The molecular formula is C22H32N2O2S. The van der Waals surface area contributed by atoms with Crippen LogP contribution < -0.4 is 0 Å². The van der Waals surface area contributed by atoms with E-state index in [9.17, 15) is 8.42 Å². The molecule has 5 heteroatoms. The minimum absolute atomic E-state index is 0.491. The highest BCUT2D eigenvalue weighted by atomic mass is 32.2. The number of hydrogen-bond donors (Lipinski definition) is 0.